The topological polar surface area (TPSA) is 89.3 Å². The van der Waals surface area contributed by atoms with E-state index >= 15 is 0 Å². The molecule has 0 bridgehead atoms. The van der Waals surface area contributed by atoms with Crippen molar-refractivity contribution in [1.29, 1.82) is 0 Å². The number of nitrogens with one attached hydrogen (secondary N) is 1. The molecule has 2 aliphatic rings. The summed E-state index contributed by atoms with van der Waals surface area (Å²) in [6.07, 6.45) is 3.75. The molecule has 180 valence electrons. The van der Waals surface area contributed by atoms with E-state index in [0.29, 0.717) is 16.7 Å². The molecule has 2 aromatic heterocycles. The molecule has 3 heterocycles. The van der Waals surface area contributed by atoms with E-state index in [-0.39, 0.29) is 17.3 Å². The van der Waals surface area contributed by atoms with E-state index in [2.05, 4.69) is 26.3 Å². The van der Waals surface area contributed by atoms with Gasteiger partial charge in [-0.2, -0.15) is 4.98 Å². The lowest BCUT2D eigenvalue weighted by Crippen LogP contribution is -2.37. The number of amides is 1. The fourth-order valence-corrected chi connectivity index (χ4v) is 6.44. The predicted molar refractivity (Wildman–Crippen MR) is 136 cm³/mol. The van der Waals surface area contributed by atoms with Gasteiger partial charge in [0.15, 0.2) is 5.13 Å². The standard InChI is InChI=1S/C24H29N5O3S2/c1-16-6-7-18-20(14-16)34-23(25-18)26-21(30)15-33-22-17-4-2-5-19(17)29(24(31)27-22)9-3-8-28-10-12-32-13-11-28/h6-7,14H,2-5,8-13,15H2,1H3,(H,25,26,30). The maximum atomic E-state index is 12.8. The second-order valence-electron chi connectivity index (χ2n) is 8.76. The maximum absolute atomic E-state index is 12.8. The number of anilines is 1. The van der Waals surface area contributed by atoms with Crippen molar-refractivity contribution in [2.24, 2.45) is 0 Å². The van der Waals surface area contributed by atoms with Crippen molar-refractivity contribution >= 4 is 44.4 Å². The van der Waals surface area contributed by atoms with Crippen LogP contribution in [0, 0.1) is 6.92 Å². The number of morpholine rings is 1. The van der Waals surface area contributed by atoms with Crippen molar-refractivity contribution in [1.82, 2.24) is 19.4 Å². The summed E-state index contributed by atoms with van der Waals surface area (Å²) in [6, 6.07) is 6.05. The van der Waals surface area contributed by atoms with Crippen LogP contribution in [0.25, 0.3) is 10.2 Å². The van der Waals surface area contributed by atoms with Crippen LogP contribution in [0.3, 0.4) is 0 Å². The lowest BCUT2D eigenvalue weighted by molar-refractivity contribution is -0.113. The summed E-state index contributed by atoms with van der Waals surface area (Å²) >= 11 is 2.82. The number of hydrogen-bond donors (Lipinski definition) is 1. The molecule has 0 unspecified atom stereocenters. The lowest BCUT2D eigenvalue weighted by atomic mass is 10.2. The van der Waals surface area contributed by atoms with Gasteiger partial charge in [0.05, 0.1) is 29.2 Å². The summed E-state index contributed by atoms with van der Waals surface area (Å²) in [5.74, 6) is 0.0681. The van der Waals surface area contributed by atoms with Crippen LogP contribution in [0.5, 0.6) is 0 Å². The quantitative estimate of drug-likeness (QED) is 0.376. The third kappa shape index (κ3) is 5.35. The van der Waals surface area contributed by atoms with Gasteiger partial charge in [0, 0.05) is 37.4 Å². The molecule has 1 saturated heterocycles. The number of thioether (sulfide) groups is 1. The average Bonchev–Trinajstić information content (AvgIpc) is 3.46. The Morgan fingerprint density at radius 2 is 2.06 bits per heavy atom. The van der Waals surface area contributed by atoms with E-state index in [1.165, 1.54) is 28.7 Å². The Balaban J connectivity index is 1.21. The first-order valence-corrected chi connectivity index (χ1v) is 13.6. The average molecular weight is 500 g/mol. The summed E-state index contributed by atoms with van der Waals surface area (Å²) < 4.78 is 8.32. The minimum atomic E-state index is -0.202. The van der Waals surface area contributed by atoms with Crippen LogP contribution in [0.4, 0.5) is 5.13 Å². The summed E-state index contributed by atoms with van der Waals surface area (Å²) in [5, 5.41) is 4.20. The molecule has 5 rings (SSSR count). The number of carbonyl (C=O) groups is 1. The van der Waals surface area contributed by atoms with Gasteiger partial charge in [0.1, 0.15) is 5.03 Å². The normalized spacial score (nSPS) is 16.1. The molecule has 1 amide bonds. The molecular weight excluding hydrogens is 470 g/mol. The predicted octanol–water partition coefficient (Wildman–Crippen LogP) is 3.10. The molecule has 8 nitrogen and oxygen atoms in total. The van der Waals surface area contributed by atoms with E-state index < -0.39 is 0 Å². The molecule has 0 atom stereocenters. The first kappa shape index (κ1) is 23.5. The van der Waals surface area contributed by atoms with Gasteiger partial charge in [-0.15, -0.1) is 0 Å². The fourth-order valence-electron chi connectivity index (χ4n) is 4.59. The number of hydrogen-bond acceptors (Lipinski definition) is 8. The highest BCUT2D eigenvalue weighted by molar-refractivity contribution is 8.00. The number of aryl methyl sites for hydroxylation is 1. The van der Waals surface area contributed by atoms with E-state index in [1.807, 2.05) is 23.6 Å². The number of thiazole rings is 1. The maximum Gasteiger partial charge on any atom is 0.348 e. The summed E-state index contributed by atoms with van der Waals surface area (Å²) in [7, 11) is 0. The number of aromatic nitrogens is 3. The minimum Gasteiger partial charge on any atom is -0.379 e. The Kier molecular flexibility index (Phi) is 7.29. The summed E-state index contributed by atoms with van der Waals surface area (Å²) in [6.45, 7) is 7.18. The number of rotatable bonds is 8. The van der Waals surface area contributed by atoms with Gasteiger partial charge in [0.2, 0.25) is 5.91 Å². The van der Waals surface area contributed by atoms with Gasteiger partial charge < -0.3 is 10.1 Å². The Morgan fingerprint density at radius 1 is 1.21 bits per heavy atom. The van der Waals surface area contributed by atoms with E-state index in [1.54, 1.807) is 0 Å². The molecule has 1 N–H and O–H groups in total. The Bertz CT molecular complexity index is 1250. The number of nitrogens with zero attached hydrogens (tertiary/aromatic N) is 4. The van der Waals surface area contributed by atoms with Crippen molar-refractivity contribution in [3.63, 3.8) is 0 Å². The largest absolute Gasteiger partial charge is 0.379 e. The van der Waals surface area contributed by atoms with Gasteiger partial charge >= 0.3 is 5.69 Å². The summed E-state index contributed by atoms with van der Waals surface area (Å²) in [4.78, 5) is 36.7. The van der Waals surface area contributed by atoms with E-state index in [0.717, 1.165) is 80.0 Å². The van der Waals surface area contributed by atoms with Crippen LogP contribution in [0.2, 0.25) is 0 Å². The monoisotopic (exact) mass is 499 g/mol. The Hall–Kier alpha value is -2.27. The fraction of sp³-hybridized carbons (Fsp3) is 0.500. The van der Waals surface area contributed by atoms with Crippen molar-refractivity contribution in [3.05, 3.63) is 45.5 Å². The van der Waals surface area contributed by atoms with Crippen LogP contribution >= 0.6 is 23.1 Å². The first-order valence-electron chi connectivity index (χ1n) is 11.8. The zero-order valence-electron chi connectivity index (χ0n) is 19.3. The van der Waals surface area contributed by atoms with Gasteiger partial charge in [-0.25, -0.2) is 9.78 Å². The Labute approximate surface area is 206 Å². The van der Waals surface area contributed by atoms with Crippen LogP contribution in [0.1, 0.15) is 29.7 Å². The molecule has 34 heavy (non-hydrogen) atoms. The van der Waals surface area contributed by atoms with Gasteiger partial charge in [-0.3, -0.25) is 14.3 Å². The molecule has 1 aromatic carbocycles. The Morgan fingerprint density at radius 3 is 2.91 bits per heavy atom. The third-order valence-corrected chi connectivity index (χ3v) is 8.24. The van der Waals surface area contributed by atoms with Crippen molar-refractivity contribution in [2.45, 2.75) is 44.2 Å². The highest BCUT2D eigenvalue weighted by Gasteiger charge is 2.23. The first-order chi connectivity index (χ1) is 16.6. The van der Waals surface area contributed by atoms with Crippen LogP contribution in [-0.2, 0) is 28.9 Å². The number of carbonyl (C=O) groups excluding carboxylic acids is 1. The number of ether oxygens (including phenoxy) is 1. The van der Waals surface area contributed by atoms with Crippen molar-refractivity contribution < 1.29 is 9.53 Å². The smallest absolute Gasteiger partial charge is 0.348 e. The molecule has 10 heteroatoms. The van der Waals surface area contributed by atoms with Gasteiger partial charge in [-0.05, 0) is 50.3 Å². The van der Waals surface area contributed by atoms with E-state index in [4.69, 9.17) is 4.74 Å². The highest BCUT2D eigenvalue weighted by atomic mass is 32.2. The van der Waals surface area contributed by atoms with E-state index in [9.17, 15) is 9.59 Å². The van der Waals surface area contributed by atoms with Crippen LogP contribution in [-0.4, -0.2) is 63.9 Å². The molecular formula is C24H29N5O3S2. The molecule has 0 spiro atoms. The van der Waals surface area contributed by atoms with Crippen LogP contribution < -0.4 is 11.0 Å². The SMILES string of the molecule is Cc1ccc2nc(NC(=O)CSc3nc(=O)n(CCCN4CCOCC4)c4c3CCC4)sc2c1. The molecule has 1 fully saturated rings. The molecule has 0 saturated carbocycles. The molecule has 0 radical (unpaired) electrons. The summed E-state index contributed by atoms with van der Waals surface area (Å²) in [5.41, 5.74) is 4.09. The van der Waals surface area contributed by atoms with Crippen LogP contribution in [0.15, 0.2) is 28.0 Å². The molecule has 1 aliphatic heterocycles. The van der Waals surface area contributed by atoms with Crippen molar-refractivity contribution in [2.75, 3.05) is 43.9 Å². The zero-order valence-corrected chi connectivity index (χ0v) is 21.0. The lowest BCUT2D eigenvalue weighted by Gasteiger charge is -2.26. The molecule has 3 aromatic rings. The number of benzene rings is 1. The number of fused-ring (bicyclic) bond motifs is 2. The van der Waals surface area contributed by atoms with Gasteiger partial charge in [-0.1, -0.05) is 29.2 Å². The molecule has 1 aliphatic carbocycles. The second-order valence-corrected chi connectivity index (χ2v) is 10.8. The third-order valence-electron chi connectivity index (χ3n) is 6.29. The highest BCUT2D eigenvalue weighted by Crippen LogP contribution is 2.30. The minimum absolute atomic E-state index is 0.135. The van der Waals surface area contributed by atoms with Gasteiger partial charge in [0.25, 0.3) is 0 Å². The zero-order chi connectivity index (χ0) is 23.5. The second kappa shape index (κ2) is 10.6. The van der Waals surface area contributed by atoms with Crippen molar-refractivity contribution in [3.8, 4) is 0 Å².